The van der Waals surface area contributed by atoms with E-state index in [1.54, 1.807) is 12.3 Å². The number of anilines is 2. The summed E-state index contributed by atoms with van der Waals surface area (Å²) >= 11 is 0. The Bertz CT molecular complexity index is 917. The van der Waals surface area contributed by atoms with Crippen LogP contribution < -0.4 is 16.6 Å². The maximum Gasteiger partial charge on any atom is 0.276 e. The van der Waals surface area contributed by atoms with Gasteiger partial charge in [-0.25, -0.2) is 20.8 Å². The molecule has 0 fully saturated rings. The molecule has 3 rings (SSSR count). The zero-order chi connectivity index (χ0) is 17.6. The number of hydrazine groups is 1. The third-order valence-corrected chi connectivity index (χ3v) is 3.72. The predicted molar refractivity (Wildman–Crippen MR) is 91.3 cm³/mol. The molecule has 9 nitrogen and oxygen atoms in total. The summed E-state index contributed by atoms with van der Waals surface area (Å²) in [6.45, 7) is 7.86. The molecule has 24 heavy (non-hydrogen) atoms. The Kier molecular flexibility index (Phi) is 3.52. The van der Waals surface area contributed by atoms with Gasteiger partial charge in [-0.1, -0.05) is 0 Å². The van der Waals surface area contributed by atoms with Gasteiger partial charge in [0.15, 0.2) is 5.82 Å². The SMILES string of the molecule is Cc1cc(N(N)C(=O)c2cn(C(C)(C)C)c3ncnc(N)c23)n[nH]1. The van der Waals surface area contributed by atoms with Crippen LogP contribution in [0, 0.1) is 6.92 Å². The molecule has 0 aliphatic rings. The van der Waals surface area contributed by atoms with E-state index in [9.17, 15) is 4.79 Å². The van der Waals surface area contributed by atoms with E-state index in [1.807, 2.05) is 32.3 Å². The molecule has 0 saturated heterocycles. The van der Waals surface area contributed by atoms with Crippen molar-refractivity contribution in [3.8, 4) is 0 Å². The van der Waals surface area contributed by atoms with Gasteiger partial charge in [0.25, 0.3) is 5.91 Å². The molecular formula is C15H20N8O. The second-order valence-electron chi connectivity index (χ2n) is 6.63. The summed E-state index contributed by atoms with van der Waals surface area (Å²) in [5.41, 5.74) is 7.43. The van der Waals surface area contributed by atoms with Gasteiger partial charge in [0.2, 0.25) is 0 Å². The molecular weight excluding hydrogens is 308 g/mol. The molecule has 126 valence electrons. The first-order valence-electron chi connectivity index (χ1n) is 7.43. The Morgan fingerprint density at radius 3 is 2.62 bits per heavy atom. The Morgan fingerprint density at radius 2 is 2.04 bits per heavy atom. The number of H-pyrrole nitrogens is 1. The van der Waals surface area contributed by atoms with Crippen LogP contribution in [0.1, 0.15) is 36.8 Å². The van der Waals surface area contributed by atoms with Crippen molar-refractivity contribution in [2.45, 2.75) is 33.2 Å². The van der Waals surface area contributed by atoms with Gasteiger partial charge < -0.3 is 10.3 Å². The van der Waals surface area contributed by atoms with Crippen molar-refractivity contribution >= 4 is 28.6 Å². The molecule has 9 heteroatoms. The zero-order valence-electron chi connectivity index (χ0n) is 14.0. The fourth-order valence-electron chi connectivity index (χ4n) is 2.52. The first-order valence-corrected chi connectivity index (χ1v) is 7.43. The highest BCUT2D eigenvalue weighted by molar-refractivity contribution is 6.15. The molecule has 0 bridgehead atoms. The fraction of sp³-hybridized carbons (Fsp3) is 0.333. The third kappa shape index (κ3) is 2.48. The first-order chi connectivity index (χ1) is 11.2. The lowest BCUT2D eigenvalue weighted by Crippen LogP contribution is -2.37. The molecule has 0 spiro atoms. The number of fused-ring (bicyclic) bond motifs is 1. The number of carbonyl (C=O) groups is 1. The summed E-state index contributed by atoms with van der Waals surface area (Å²) in [6.07, 6.45) is 3.09. The summed E-state index contributed by atoms with van der Waals surface area (Å²) in [4.78, 5) is 21.2. The number of hydrogen-bond acceptors (Lipinski definition) is 6. The van der Waals surface area contributed by atoms with E-state index in [0.29, 0.717) is 22.4 Å². The van der Waals surface area contributed by atoms with Crippen molar-refractivity contribution in [1.29, 1.82) is 0 Å². The van der Waals surface area contributed by atoms with Crippen molar-refractivity contribution < 1.29 is 4.79 Å². The van der Waals surface area contributed by atoms with Crippen molar-refractivity contribution in [2.75, 3.05) is 10.7 Å². The van der Waals surface area contributed by atoms with Crippen LogP contribution in [0.5, 0.6) is 0 Å². The number of nitrogens with one attached hydrogen (secondary N) is 1. The number of aromatic nitrogens is 5. The minimum atomic E-state index is -0.434. The van der Waals surface area contributed by atoms with E-state index >= 15 is 0 Å². The summed E-state index contributed by atoms with van der Waals surface area (Å²) in [5.74, 6) is 6.08. The number of aromatic amines is 1. The normalized spacial score (nSPS) is 11.9. The monoisotopic (exact) mass is 328 g/mol. The van der Waals surface area contributed by atoms with Crippen LogP contribution in [0.4, 0.5) is 11.6 Å². The topological polar surface area (TPSA) is 132 Å². The van der Waals surface area contributed by atoms with Gasteiger partial charge in [-0.15, -0.1) is 0 Å². The molecule has 0 aliphatic carbocycles. The summed E-state index contributed by atoms with van der Waals surface area (Å²) in [7, 11) is 0. The predicted octanol–water partition coefficient (Wildman–Crippen LogP) is 1.32. The third-order valence-electron chi connectivity index (χ3n) is 3.72. The molecule has 3 heterocycles. The van der Waals surface area contributed by atoms with Crippen LogP contribution in [0.15, 0.2) is 18.6 Å². The fourth-order valence-corrected chi connectivity index (χ4v) is 2.52. The van der Waals surface area contributed by atoms with Crippen molar-refractivity contribution in [3.63, 3.8) is 0 Å². The molecule has 0 unspecified atom stereocenters. The molecule has 0 saturated carbocycles. The Morgan fingerprint density at radius 1 is 1.33 bits per heavy atom. The first kappa shape index (κ1) is 15.9. The highest BCUT2D eigenvalue weighted by atomic mass is 16.2. The lowest BCUT2D eigenvalue weighted by molar-refractivity contribution is 0.0987. The highest BCUT2D eigenvalue weighted by Crippen LogP contribution is 2.30. The number of rotatable bonds is 2. The molecule has 3 aromatic heterocycles. The minimum Gasteiger partial charge on any atom is -0.383 e. The van der Waals surface area contributed by atoms with E-state index in [-0.39, 0.29) is 11.4 Å². The van der Waals surface area contributed by atoms with Gasteiger partial charge in [0, 0.05) is 23.5 Å². The summed E-state index contributed by atoms with van der Waals surface area (Å²) in [5, 5.41) is 8.23. The molecule has 0 aliphatic heterocycles. The Labute approximate surface area is 138 Å². The number of nitrogens with zero attached hydrogens (tertiary/aromatic N) is 5. The van der Waals surface area contributed by atoms with E-state index in [0.717, 1.165) is 10.7 Å². The van der Waals surface area contributed by atoms with Gasteiger partial charge in [-0.3, -0.25) is 9.89 Å². The van der Waals surface area contributed by atoms with Gasteiger partial charge in [0.05, 0.1) is 10.9 Å². The molecule has 5 N–H and O–H groups in total. The smallest absolute Gasteiger partial charge is 0.276 e. The Balaban J connectivity index is 2.17. The number of nitrogens with two attached hydrogens (primary N) is 2. The van der Waals surface area contributed by atoms with Crippen molar-refractivity contribution in [1.82, 2.24) is 24.7 Å². The van der Waals surface area contributed by atoms with Crippen LogP contribution in [-0.2, 0) is 5.54 Å². The molecule has 3 aromatic rings. The van der Waals surface area contributed by atoms with Crippen LogP contribution in [0.25, 0.3) is 11.0 Å². The van der Waals surface area contributed by atoms with Crippen LogP contribution in [0.2, 0.25) is 0 Å². The second kappa shape index (κ2) is 5.31. The largest absolute Gasteiger partial charge is 0.383 e. The second-order valence-corrected chi connectivity index (χ2v) is 6.63. The minimum absolute atomic E-state index is 0.234. The van der Waals surface area contributed by atoms with Crippen LogP contribution >= 0.6 is 0 Å². The number of amides is 1. The Hall–Kier alpha value is -2.94. The maximum absolute atomic E-state index is 12.9. The van der Waals surface area contributed by atoms with Gasteiger partial charge in [-0.05, 0) is 27.7 Å². The highest BCUT2D eigenvalue weighted by Gasteiger charge is 2.27. The molecule has 0 aromatic carbocycles. The number of aryl methyl sites for hydroxylation is 1. The van der Waals surface area contributed by atoms with Crippen LogP contribution in [0.3, 0.4) is 0 Å². The van der Waals surface area contributed by atoms with Gasteiger partial charge >= 0.3 is 0 Å². The molecule has 0 radical (unpaired) electrons. The average molecular weight is 328 g/mol. The van der Waals surface area contributed by atoms with E-state index in [2.05, 4.69) is 20.2 Å². The van der Waals surface area contributed by atoms with Crippen molar-refractivity contribution in [2.24, 2.45) is 5.84 Å². The van der Waals surface area contributed by atoms with Crippen LogP contribution in [-0.4, -0.2) is 30.6 Å². The van der Waals surface area contributed by atoms with Gasteiger partial charge in [-0.2, -0.15) is 5.10 Å². The van der Waals surface area contributed by atoms with E-state index in [1.165, 1.54) is 6.33 Å². The quantitative estimate of drug-likeness (QED) is 0.369. The maximum atomic E-state index is 12.9. The standard InChI is InChI=1S/C15H20N8O/c1-8-5-10(21-20-8)23(17)14(24)9-6-22(15(2,3)4)13-11(9)12(16)18-7-19-13/h5-7H,17H2,1-4H3,(H,20,21)(H2,16,18,19). The average Bonchev–Trinajstić information content (AvgIpc) is 3.10. The number of nitrogen functional groups attached to an aromatic ring is 1. The summed E-state index contributed by atoms with van der Waals surface area (Å²) in [6, 6.07) is 1.68. The van der Waals surface area contributed by atoms with E-state index in [4.69, 9.17) is 11.6 Å². The van der Waals surface area contributed by atoms with Crippen molar-refractivity contribution in [3.05, 3.63) is 29.8 Å². The van der Waals surface area contributed by atoms with Gasteiger partial charge in [0.1, 0.15) is 17.8 Å². The lowest BCUT2D eigenvalue weighted by Gasteiger charge is -2.21. The number of carbonyl (C=O) groups excluding carboxylic acids is 1. The molecule has 1 amide bonds. The zero-order valence-corrected chi connectivity index (χ0v) is 14.0. The summed E-state index contributed by atoms with van der Waals surface area (Å²) < 4.78 is 1.89. The lowest BCUT2D eigenvalue weighted by atomic mass is 10.1. The molecule has 0 atom stereocenters. The van der Waals surface area contributed by atoms with E-state index < -0.39 is 5.91 Å². The number of hydrogen-bond donors (Lipinski definition) is 3.